The van der Waals surface area contributed by atoms with E-state index < -0.39 is 0 Å². The highest BCUT2D eigenvalue weighted by molar-refractivity contribution is 5.91. The number of aromatic nitrogens is 1. The number of carbonyl (C=O) groups is 1. The number of methoxy groups -OCH3 is 2. The van der Waals surface area contributed by atoms with E-state index in [-0.39, 0.29) is 11.9 Å². The average molecular weight is 391 g/mol. The van der Waals surface area contributed by atoms with Gasteiger partial charge in [-0.2, -0.15) is 0 Å². The first kappa shape index (κ1) is 18.1. The predicted octanol–water partition coefficient (Wildman–Crippen LogP) is 3.80. The molecule has 1 amide bonds. The van der Waals surface area contributed by atoms with Crippen LogP contribution < -0.4 is 14.8 Å². The lowest BCUT2D eigenvalue weighted by atomic mass is 9.84. The van der Waals surface area contributed by atoms with Gasteiger partial charge in [0.15, 0.2) is 0 Å². The molecule has 3 aromatic rings. The predicted molar refractivity (Wildman–Crippen MR) is 113 cm³/mol. The molecule has 1 atom stereocenters. The van der Waals surface area contributed by atoms with Crippen LogP contribution >= 0.6 is 0 Å². The summed E-state index contributed by atoms with van der Waals surface area (Å²) in [4.78, 5) is 17.8. The maximum Gasteiger partial charge on any atom is 0.221 e. The van der Waals surface area contributed by atoms with Gasteiger partial charge in [-0.25, -0.2) is 0 Å². The van der Waals surface area contributed by atoms with E-state index in [0.717, 1.165) is 48.6 Å². The zero-order valence-corrected chi connectivity index (χ0v) is 17.0. The minimum absolute atomic E-state index is 0.0921. The van der Waals surface area contributed by atoms with Crippen LogP contribution in [0, 0.1) is 0 Å². The maximum absolute atomic E-state index is 11.7. The van der Waals surface area contributed by atoms with E-state index in [2.05, 4.69) is 39.5 Å². The Kier molecular flexibility index (Phi) is 4.24. The Morgan fingerprint density at radius 2 is 2.07 bits per heavy atom. The fourth-order valence-corrected chi connectivity index (χ4v) is 4.84. The number of fused-ring (bicyclic) bond motifs is 6. The molecule has 2 aliphatic heterocycles. The summed E-state index contributed by atoms with van der Waals surface area (Å²) < 4.78 is 11.0. The van der Waals surface area contributed by atoms with Crippen LogP contribution in [-0.4, -0.2) is 36.6 Å². The maximum atomic E-state index is 11.7. The first-order valence-electron chi connectivity index (χ1n) is 9.97. The number of nitrogens with zero attached hydrogens (tertiary/aromatic N) is 1. The Hall–Kier alpha value is -2.99. The number of carbonyl (C=O) groups excluding carboxylic acids is 1. The van der Waals surface area contributed by atoms with Gasteiger partial charge in [-0.1, -0.05) is 0 Å². The summed E-state index contributed by atoms with van der Waals surface area (Å²) in [5, 5.41) is 4.16. The van der Waals surface area contributed by atoms with Gasteiger partial charge in [-0.15, -0.1) is 0 Å². The van der Waals surface area contributed by atoms with Gasteiger partial charge < -0.3 is 19.8 Å². The molecule has 3 heterocycles. The van der Waals surface area contributed by atoms with E-state index in [1.54, 1.807) is 14.2 Å². The third-order valence-electron chi connectivity index (χ3n) is 6.20. The molecule has 0 fully saturated rings. The van der Waals surface area contributed by atoms with E-state index in [9.17, 15) is 4.79 Å². The summed E-state index contributed by atoms with van der Waals surface area (Å²) in [6.45, 7) is 3.44. The van der Waals surface area contributed by atoms with Crippen LogP contribution in [-0.2, 0) is 24.2 Å². The van der Waals surface area contributed by atoms with E-state index in [0.29, 0.717) is 0 Å². The number of nitrogens with one attached hydrogen (secondary N) is 2. The average Bonchev–Trinajstić information content (AvgIpc) is 3.08. The third kappa shape index (κ3) is 2.95. The molecule has 0 spiro atoms. The third-order valence-corrected chi connectivity index (χ3v) is 6.20. The van der Waals surface area contributed by atoms with Crippen LogP contribution in [0.5, 0.6) is 11.5 Å². The summed E-state index contributed by atoms with van der Waals surface area (Å²) in [6.07, 6.45) is 1.91. The van der Waals surface area contributed by atoms with Gasteiger partial charge in [0.1, 0.15) is 11.5 Å². The van der Waals surface area contributed by atoms with Crippen LogP contribution in [0.25, 0.3) is 10.9 Å². The van der Waals surface area contributed by atoms with Crippen molar-refractivity contribution in [2.45, 2.75) is 32.4 Å². The molecule has 2 aliphatic rings. The Labute approximate surface area is 169 Å². The van der Waals surface area contributed by atoms with Crippen molar-refractivity contribution in [3.8, 4) is 11.5 Å². The van der Waals surface area contributed by atoms with Crippen LogP contribution in [0.4, 0.5) is 5.69 Å². The molecule has 0 unspecified atom stereocenters. The minimum atomic E-state index is -0.0921. The zero-order chi connectivity index (χ0) is 20.1. The molecule has 6 heteroatoms. The van der Waals surface area contributed by atoms with Crippen LogP contribution in [0.2, 0.25) is 0 Å². The van der Waals surface area contributed by atoms with Gasteiger partial charge in [0, 0.05) is 42.7 Å². The number of hydrogen-bond acceptors (Lipinski definition) is 4. The topological polar surface area (TPSA) is 66.6 Å². The van der Waals surface area contributed by atoms with E-state index in [1.165, 1.54) is 34.7 Å². The van der Waals surface area contributed by atoms with Crippen molar-refractivity contribution < 1.29 is 14.3 Å². The number of rotatable bonds is 3. The molecule has 150 valence electrons. The standard InChI is InChI=1S/C23H25N3O3/c1-13(27)24-20-10-16-14(8-23(20)29-3)6-7-26-12-21-18(11-22(16)26)17-9-15(28-2)4-5-19(17)25-21/h4-5,8-10,22,25H,6-7,11-12H2,1-3H3,(H,24,27)/t22-/m0/s1. The second-order valence-electron chi connectivity index (χ2n) is 7.87. The van der Waals surface area contributed by atoms with E-state index in [4.69, 9.17) is 9.47 Å². The summed E-state index contributed by atoms with van der Waals surface area (Å²) in [5.74, 6) is 1.51. The summed E-state index contributed by atoms with van der Waals surface area (Å²) in [6, 6.07) is 10.7. The number of H-pyrrole nitrogens is 1. The van der Waals surface area contributed by atoms with E-state index in [1.807, 2.05) is 6.07 Å². The molecule has 0 bridgehead atoms. The fourth-order valence-electron chi connectivity index (χ4n) is 4.84. The summed E-state index contributed by atoms with van der Waals surface area (Å²) >= 11 is 0. The van der Waals surface area contributed by atoms with Crippen molar-refractivity contribution in [1.82, 2.24) is 9.88 Å². The Bertz CT molecular complexity index is 1120. The number of amides is 1. The van der Waals surface area contributed by atoms with Crippen LogP contribution in [0.3, 0.4) is 0 Å². The minimum Gasteiger partial charge on any atom is -0.497 e. The van der Waals surface area contributed by atoms with Crippen molar-refractivity contribution in [2.24, 2.45) is 0 Å². The molecular formula is C23H25N3O3. The second-order valence-corrected chi connectivity index (χ2v) is 7.87. The van der Waals surface area contributed by atoms with Gasteiger partial charge in [0.25, 0.3) is 0 Å². The molecule has 2 aromatic carbocycles. The van der Waals surface area contributed by atoms with Gasteiger partial charge in [0.2, 0.25) is 5.91 Å². The molecule has 1 aromatic heterocycles. The number of aromatic amines is 1. The van der Waals surface area contributed by atoms with Gasteiger partial charge in [-0.3, -0.25) is 9.69 Å². The van der Waals surface area contributed by atoms with Gasteiger partial charge >= 0.3 is 0 Å². The zero-order valence-electron chi connectivity index (χ0n) is 17.0. The van der Waals surface area contributed by atoms with Crippen LogP contribution in [0.15, 0.2) is 30.3 Å². The largest absolute Gasteiger partial charge is 0.497 e. The number of anilines is 1. The molecule has 6 nitrogen and oxygen atoms in total. The van der Waals surface area contributed by atoms with Crippen molar-refractivity contribution in [2.75, 3.05) is 26.1 Å². The lowest BCUT2D eigenvalue weighted by Gasteiger charge is -2.41. The number of hydrogen-bond donors (Lipinski definition) is 2. The molecule has 29 heavy (non-hydrogen) atoms. The first-order chi connectivity index (χ1) is 14.1. The highest BCUT2D eigenvalue weighted by atomic mass is 16.5. The number of benzene rings is 2. The Morgan fingerprint density at radius 3 is 2.83 bits per heavy atom. The van der Waals surface area contributed by atoms with Crippen molar-refractivity contribution in [3.63, 3.8) is 0 Å². The summed E-state index contributed by atoms with van der Waals surface area (Å²) in [7, 11) is 3.35. The lowest BCUT2D eigenvalue weighted by Crippen LogP contribution is -2.39. The van der Waals surface area contributed by atoms with Crippen molar-refractivity contribution in [1.29, 1.82) is 0 Å². The molecule has 0 radical (unpaired) electrons. The first-order valence-corrected chi connectivity index (χ1v) is 9.97. The normalized spacial score (nSPS) is 18.0. The van der Waals surface area contributed by atoms with Gasteiger partial charge in [-0.05, 0) is 59.9 Å². The second kappa shape index (κ2) is 6.81. The smallest absolute Gasteiger partial charge is 0.221 e. The van der Waals surface area contributed by atoms with E-state index >= 15 is 0 Å². The quantitative estimate of drug-likeness (QED) is 0.713. The molecule has 0 aliphatic carbocycles. The van der Waals surface area contributed by atoms with Crippen LogP contribution in [0.1, 0.15) is 35.3 Å². The molecule has 0 saturated heterocycles. The molecule has 2 N–H and O–H groups in total. The van der Waals surface area contributed by atoms with Gasteiger partial charge in [0.05, 0.1) is 19.9 Å². The highest BCUT2D eigenvalue weighted by Crippen LogP contribution is 2.43. The lowest BCUT2D eigenvalue weighted by molar-refractivity contribution is -0.114. The summed E-state index contributed by atoms with van der Waals surface area (Å²) in [5.41, 5.74) is 7.15. The molecular weight excluding hydrogens is 366 g/mol. The molecule has 5 rings (SSSR count). The highest BCUT2D eigenvalue weighted by Gasteiger charge is 2.34. The van der Waals surface area contributed by atoms with Crippen molar-refractivity contribution in [3.05, 3.63) is 52.7 Å². The monoisotopic (exact) mass is 391 g/mol. The molecule has 0 saturated carbocycles. The SMILES string of the molecule is COc1ccc2[nH]c3c(c2c1)C[C@H]1c2cc(NC(C)=O)c(OC)cc2CCN1C3. The Morgan fingerprint density at radius 1 is 1.21 bits per heavy atom. The van der Waals surface area contributed by atoms with Crippen molar-refractivity contribution >= 4 is 22.5 Å². The fraction of sp³-hybridized carbons (Fsp3) is 0.348. The Balaban J connectivity index is 1.59. The number of ether oxygens (including phenoxy) is 2.